The summed E-state index contributed by atoms with van der Waals surface area (Å²) in [6.07, 6.45) is 2.76. The van der Waals surface area contributed by atoms with Gasteiger partial charge in [0.25, 0.3) is 0 Å². The van der Waals surface area contributed by atoms with Crippen molar-refractivity contribution >= 4 is 9.84 Å². The van der Waals surface area contributed by atoms with Crippen LogP contribution < -0.4 is 0 Å². The van der Waals surface area contributed by atoms with Crippen molar-refractivity contribution in [2.24, 2.45) is 0 Å². The maximum Gasteiger partial charge on any atom is 0.229 e. The van der Waals surface area contributed by atoms with E-state index in [1.54, 1.807) is 13.1 Å². The number of imidazole rings is 1. The van der Waals surface area contributed by atoms with Gasteiger partial charge in [-0.3, -0.25) is 4.57 Å². The van der Waals surface area contributed by atoms with Crippen LogP contribution in [0, 0.1) is 6.92 Å². The third-order valence-corrected chi connectivity index (χ3v) is 2.45. The lowest BCUT2D eigenvalue weighted by Crippen LogP contribution is -2.09. The Balaban J connectivity index is 3.20. The Morgan fingerprint density at radius 1 is 1.62 bits per heavy atom. The van der Waals surface area contributed by atoms with E-state index in [1.165, 1.54) is 11.7 Å². The fourth-order valence-electron chi connectivity index (χ4n) is 1.05. The van der Waals surface area contributed by atoms with Gasteiger partial charge >= 0.3 is 0 Å². The van der Waals surface area contributed by atoms with E-state index in [9.17, 15) is 8.42 Å². The minimum atomic E-state index is -3.26. The third kappa shape index (κ3) is 2.28. The second-order valence-electron chi connectivity index (χ2n) is 2.82. The Morgan fingerprint density at radius 3 is 2.69 bits per heavy atom. The van der Waals surface area contributed by atoms with E-state index in [-0.39, 0.29) is 11.9 Å². The number of nitrogens with zero attached hydrogens (tertiary/aromatic N) is 2. The smallest absolute Gasteiger partial charge is 0.229 e. The van der Waals surface area contributed by atoms with Crippen LogP contribution in [0.4, 0.5) is 0 Å². The van der Waals surface area contributed by atoms with Crippen LogP contribution >= 0.6 is 0 Å². The van der Waals surface area contributed by atoms with Gasteiger partial charge in [0.15, 0.2) is 0 Å². The summed E-state index contributed by atoms with van der Waals surface area (Å²) in [5, 5.41) is 0.0480. The molecule has 0 atom stereocenters. The first-order valence-electron chi connectivity index (χ1n) is 3.68. The van der Waals surface area contributed by atoms with Gasteiger partial charge in [0.1, 0.15) is 6.73 Å². The van der Waals surface area contributed by atoms with Crippen LogP contribution in [0.3, 0.4) is 0 Å². The first kappa shape index (κ1) is 10.2. The number of hydrogen-bond acceptors (Lipinski definition) is 4. The van der Waals surface area contributed by atoms with Crippen LogP contribution in [0.1, 0.15) is 5.69 Å². The number of ether oxygens (including phenoxy) is 1. The summed E-state index contributed by atoms with van der Waals surface area (Å²) in [6.45, 7) is 1.93. The highest BCUT2D eigenvalue weighted by Crippen LogP contribution is 2.08. The van der Waals surface area contributed by atoms with Gasteiger partial charge in [0.05, 0.1) is 5.69 Å². The molecule has 0 aliphatic carbocycles. The average Bonchev–Trinajstić information content (AvgIpc) is 2.30. The van der Waals surface area contributed by atoms with Crippen LogP contribution in [0.15, 0.2) is 11.4 Å². The molecule has 0 saturated heterocycles. The third-order valence-electron chi connectivity index (χ3n) is 1.46. The molecule has 1 rings (SSSR count). The highest BCUT2D eigenvalue weighted by molar-refractivity contribution is 7.90. The fraction of sp³-hybridized carbons (Fsp3) is 0.571. The van der Waals surface area contributed by atoms with Crippen molar-refractivity contribution in [3.8, 4) is 0 Å². The van der Waals surface area contributed by atoms with Crippen LogP contribution in [0.2, 0.25) is 0 Å². The number of rotatable bonds is 3. The van der Waals surface area contributed by atoms with Crippen LogP contribution in [-0.4, -0.2) is 31.3 Å². The zero-order chi connectivity index (χ0) is 10.1. The lowest BCUT2D eigenvalue weighted by molar-refractivity contribution is 0.123. The summed E-state index contributed by atoms with van der Waals surface area (Å²) in [4.78, 5) is 3.90. The van der Waals surface area contributed by atoms with Gasteiger partial charge in [0, 0.05) is 19.6 Å². The average molecular weight is 204 g/mol. The minimum absolute atomic E-state index is 0.0480. The lowest BCUT2D eigenvalue weighted by Gasteiger charge is -2.03. The lowest BCUT2D eigenvalue weighted by atomic mass is 10.6. The van der Waals surface area contributed by atoms with E-state index >= 15 is 0 Å². The van der Waals surface area contributed by atoms with Crippen molar-refractivity contribution < 1.29 is 13.2 Å². The monoisotopic (exact) mass is 204 g/mol. The van der Waals surface area contributed by atoms with E-state index in [1.807, 2.05) is 0 Å². The van der Waals surface area contributed by atoms with E-state index in [4.69, 9.17) is 4.74 Å². The standard InChI is InChI=1S/C7H12N2O3S/c1-6-4-9(5-12-2)7(8-6)13(3,10)11/h4H,5H2,1-3H3. The van der Waals surface area contributed by atoms with Crippen LogP contribution in [0.25, 0.3) is 0 Å². The van der Waals surface area contributed by atoms with Crippen LogP contribution in [-0.2, 0) is 21.3 Å². The molecular weight excluding hydrogens is 192 g/mol. The second-order valence-corrected chi connectivity index (χ2v) is 4.73. The maximum atomic E-state index is 11.2. The number of aryl methyl sites for hydroxylation is 1. The van der Waals surface area contributed by atoms with E-state index in [0.717, 1.165) is 6.26 Å². The summed E-state index contributed by atoms with van der Waals surface area (Å²) in [6, 6.07) is 0. The predicted molar refractivity (Wildman–Crippen MR) is 47.1 cm³/mol. The zero-order valence-electron chi connectivity index (χ0n) is 7.81. The maximum absolute atomic E-state index is 11.2. The molecule has 0 amide bonds. The van der Waals surface area contributed by atoms with E-state index in [2.05, 4.69) is 4.98 Å². The molecule has 13 heavy (non-hydrogen) atoms. The molecule has 0 aliphatic heterocycles. The summed E-state index contributed by atoms with van der Waals surface area (Å²) >= 11 is 0. The van der Waals surface area contributed by atoms with Gasteiger partial charge in [0.2, 0.25) is 15.0 Å². The molecule has 0 aliphatic rings. The molecular formula is C7H12N2O3S. The Hall–Kier alpha value is -0.880. The molecule has 0 saturated carbocycles. The van der Waals surface area contributed by atoms with Gasteiger partial charge in [-0.25, -0.2) is 13.4 Å². The van der Waals surface area contributed by atoms with Gasteiger partial charge in [-0.15, -0.1) is 0 Å². The zero-order valence-corrected chi connectivity index (χ0v) is 8.63. The molecule has 0 fully saturated rings. The van der Waals surface area contributed by atoms with E-state index < -0.39 is 9.84 Å². The van der Waals surface area contributed by atoms with E-state index in [0.29, 0.717) is 5.69 Å². The SMILES string of the molecule is COCn1cc(C)nc1S(C)(=O)=O. The fourth-order valence-corrected chi connectivity index (χ4v) is 1.89. The van der Waals surface area contributed by atoms with Gasteiger partial charge in [-0.2, -0.15) is 0 Å². The Morgan fingerprint density at radius 2 is 2.23 bits per heavy atom. The molecule has 1 heterocycles. The van der Waals surface area contributed by atoms with Crippen molar-refractivity contribution in [1.82, 2.24) is 9.55 Å². The summed E-state index contributed by atoms with van der Waals surface area (Å²) < 4.78 is 28.7. The summed E-state index contributed by atoms with van der Waals surface area (Å²) in [7, 11) is -1.76. The molecule has 0 spiro atoms. The normalized spacial score (nSPS) is 11.9. The van der Waals surface area contributed by atoms with Crippen LogP contribution in [0.5, 0.6) is 0 Å². The molecule has 74 valence electrons. The van der Waals surface area contributed by atoms with Crippen molar-refractivity contribution in [1.29, 1.82) is 0 Å². The molecule has 0 radical (unpaired) electrons. The number of hydrogen-bond donors (Lipinski definition) is 0. The molecule has 0 unspecified atom stereocenters. The molecule has 1 aromatic rings. The highest BCUT2D eigenvalue weighted by Gasteiger charge is 2.15. The molecule has 0 bridgehead atoms. The van der Waals surface area contributed by atoms with Gasteiger partial charge in [-0.1, -0.05) is 0 Å². The Bertz CT molecular complexity index is 394. The van der Waals surface area contributed by atoms with Gasteiger partial charge < -0.3 is 4.74 Å². The van der Waals surface area contributed by atoms with Crippen molar-refractivity contribution in [2.45, 2.75) is 18.8 Å². The first-order valence-corrected chi connectivity index (χ1v) is 5.57. The Labute approximate surface area is 77.3 Å². The highest BCUT2D eigenvalue weighted by atomic mass is 32.2. The molecule has 5 nitrogen and oxygen atoms in total. The second kappa shape index (κ2) is 3.47. The van der Waals surface area contributed by atoms with Crippen molar-refractivity contribution in [3.05, 3.63) is 11.9 Å². The van der Waals surface area contributed by atoms with Crippen molar-refractivity contribution in [2.75, 3.05) is 13.4 Å². The molecule has 0 aromatic carbocycles. The largest absolute Gasteiger partial charge is 0.364 e. The first-order chi connectivity index (χ1) is 5.95. The minimum Gasteiger partial charge on any atom is -0.364 e. The summed E-state index contributed by atoms with van der Waals surface area (Å²) in [5.41, 5.74) is 0.664. The molecule has 0 N–H and O–H groups in total. The Kier molecular flexibility index (Phi) is 2.72. The predicted octanol–water partition coefficient (Wildman–Crippen LogP) is 0.199. The number of methoxy groups -OCH3 is 1. The van der Waals surface area contributed by atoms with Crippen molar-refractivity contribution in [3.63, 3.8) is 0 Å². The number of sulfone groups is 1. The topological polar surface area (TPSA) is 61.2 Å². The molecule has 1 aromatic heterocycles. The molecule has 6 heteroatoms. The quantitative estimate of drug-likeness (QED) is 0.705. The number of aromatic nitrogens is 2. The van der Waals surface area contributed by atoms with Gasteiger partial charge in [-0.05, 0) is 6.92 Å². The summed E-state index contributed by atoms with van der Waals surface area (Å²) in [5.74, 6) is 0.